The molecule has 0 fully saturated rings. The second-order valence-corrected chi connectivity index (χ2v) is 4.03. The van der Waals surface area contributed by atoms with Crippen molar-refractivity contribution in [3.05, 3.63) is 83.7 Å². The van der Waals surface area contributed by atoms with Gasteiger partial charge in [0.15, 0.2) is 0 Å². The molecule has 0 radical (unpaired) electrons. The number of esters is 1. The second-order valence-electron chi connectivity index (χ2n) is 4.03. The Morgan fingerprint density at radius 1 is 1.06 bits per heavy atom. The van der Waals surface area contributed by atoms with Crippen molar-refractivity contribution >= 4 is 5.97 Å². The van der Waals surface area contributed by atoms with Crippen LogP contribution in [0.25, 0.3) is 0 Å². The minimum absolute atomic E-state index is 0.384. The number of rotatable bonds is 2. The minimum Gasteiger partial charge on any atom is -0.423 e. The lowest BCUT2D eigenvalue weighted by Crippen LogP contribution is -2.06. The van der Waals surface area contributed by atoms with Crippen molar-refractivity contribution in [1.29, 1.82) is 0 Å². The van der Waals surface area contributed by atoms with E-state index in [0.29, 0.717) is 11.3 Å². The molecule has 0 unspecified atom stereocenters. The van der Waals surface area contributed by atoms with Crippen LogP contribution >= 0.6 is 0 Å². The van der Waals surface area contributed by atoms with Crippen molar-refractivity contribution in [3.63, 3.8) is 0 Å². The Kier molecular flexibility index (Phi) is 3.58. The van der Waals surface area contributed by atoms with E-state index in [1.165, 1.54) is 0 Å². The van der Waals surface area contributed by atoms with E-state index in [9.17, 15) is 4.79 Å². The number of hydrogen-bond acceptors (Lipinski definition) is 2. The standard InChI is InChI=1S/C16H14O2/c1-12(2)16(17)18-15-11-5-3-4-10-14(15)13-8-6-7-9-13/h3-11H,1H2,2H3. The van der Waals surface area contributed by atoms with Gasteiger partial charge in [0, 0.05) is 11.1 Å². The summed E-state index contributed by atoms with van der Waals surface area (Å²) in [6, 6.07) is 0. The summed E-state index contributed by atoms with van der Waals surface area (Å²) < 4.78 is 5.35. The molecule has 0 saturated carbocycles. The fourth-order valence-corrected chi connectivity index (χ4v) is 1.60. The van der Waals surface area contributed by atoms with Crippen LogP contribution in [-0.2, 0) is 9.53 Å². The van der Waals surface area contributed by atoms with E-state index in [1.807, 2.05) is 48.6 Å². The van der Waals surface area contributed by atoms with Crippen molar-refractivity contribution in [3.8, 4) is 0 Å². The Morgan fingerprint density at radius 2 is 1.72 bits per heavy atom. The molecular weight excluding hydrogens is 224 g/mol. The Labute approximate surface area is 107 Å². The molecule has 0 aromatic rings. The van der Waals surface area contributed by atoms with Crippen molar-refractivity contribution in [1.82, 2.24) is 0 Å². The third-order valence-corrected chi connectivity index (χ3v) is 2.52. The Hall–Kier alpha value is -2.35. The lowest BCUT2D eigenvalue weighted by molar-refractivity contribution is -0.134. The fraction of sp³-hybridized carbons (Fsp3) is 0.0625. The van der Waals surface area contributed by atoms with Gasteiger partial charge in [-0.25, -0.2) is 4.79 Å². The van der Waals surface area contributed by atoms with Crippen LogP contribution in [0.1, 0.15) is 6.92 Å². The van der Waals surface area contributed by atoms with Crippen LogP contribution in [0.2, 0.25) is 0 Å². The highest BCUT2D eigenvalue weighted by Crippen LogP contribution is 2.24. The summed E-state index contributed by atoms with van der Waals surface area (Å²) in [7, 11) is 0. The zero-order chi connectivity index (χ0) is 13.0. The Bertz CT molecular complexity index is 550. The minimum atomic E-state index is -0.408. The molecule has 0 spiro atoms. The van der Waals surface area contributed by atoms with Gasteiger partial charge in [-0.1, -0.05) is 55.2 Å². The van der Waals surface area contributed by atoms with E-state index in [4.69, 9.17) is 4.74 Å². The molecule has 18 heavy (non-hydrogen) atoms. The summed E-state index contributed by atoms with van der Waals surface area (Å²) in [6.07, 6.45) is 17.2. The first kappa shape index (κ1) is 12.1. The van der Waals surface area contributed by atoms with E-state index in [1.54, 1.807) is 13.0 Å². The van der Waals surface area contributed by atoms with Crippen LogP contribution < -0.4 is 0 Å². The van der Waals surface area contributed by atoms with E-state index < -0.39 is 5.97 Å². The molecule has 2 aliphatic carbocycles. The molecule has 0 aliphatic heterocycles. The third-order valence-electron chi connectivity index (χ3n) is 2.52. The molecule has 0 aromatic carbocycles. The smallest absolute Gasteiger partial charge is 0.338 e. The fourth-order valence-electron chi connectivity index (χ4n) is 1.60. The van der Waals surface area contributed by atoms with Gasteiger partial charge in [0.2, 0.25) is 0 Å². The number of hydrogen-bond donors (Lipinski definition) is 0. The summed E-state index contributed by atoms with van der Waals surface area (Å²) >= 11 is 0. The maximum Gasteiger partial charge on any atom is 0.338 e. The van der Waals surface area contributed by atoms with Gasteiger partial charge in [-0.15, -0.1) is 0 Å². The predicted molar refractivity (Wildman–Crippen MR) is 72.6 cm³/mol. The molecule has 0 amide bonds. The van der Waals surface area contributed by atoms with Gasteiger partial charge >= 0.3 is 5.97 Å². The molecule has 2 heteroatoms. The summed E-state index contributed by atoms with van der Waals surface area (Å²) in [4.78, 5) is 11.6. The van der Waals surface area contributed by atoms with E-state index >= 15 is 0 Å². The summed E-state index contributed by atoms with van der Waals surface area (Å²) in [5, 5.41) is 0. The number of allylic oxidation sites excluding steroid dienone is 10. The topological polar surface area (TPSA) is 26.3 Å². The zero-order valence-electron chi connectivity index (χ0n) is 10.2. The summed E-state index contributed by atoms with van der Waals surface area (Å²) in [5.74, 6) is 0.133. The maximum atomic E-state index is 11.6. The average molecular weight is 238 g/mol. The van der Waals surface area contributed by atoms with Crippen LogP contribution in [0.4, 0.5) is 0 Å². The highest BCUT2D eigenvalue weighted by molar-refractivity contribution is 5.88. The molecular formula is C16H14O2. The summed E-state index contributed by atoms with van der Waals surface area (Å²) in [6.45, 7) is 5.22. The van der Waals surface area contributed by atoms with Gasteiger partial charge in [-0.3, -0.25) is 0 Å². The van der Waals surface area contributed by atoms with Gasteiger partial charge in [-0.2, -0.15) is 0 Å². The summed E-state index contributed by atoms with van der Waals surface area (Å²) in [5.41, 5.74) is 2.30. The van der Waals surface area contributed by atoms with Crippen molar-refractivity contribution in [2.45, 2.75) is 6.92 Å². The zero-order valence-corrected chi connectivity index (χ0v) is 10.2. The molecule has 0 N–H and O–H groups in total. The predicted octanol–water partition coefficient (Wildman–Crippen LogP) is 3.54. The second kappa shape index (κ2) is 5.32. The van der Waals surface area contributed by atoms with Crippen LogP contribution in [0.5, 0.6) is 0 Å². The highest BCUT2D eigenvalue weighted by Gasteiger charge is 2.14. The van der Waals surface area contributed by atoms with E-state index in [-0.39, 0.29) is 0 Å². The first-order valence-electron chi connectivity index (χ1n) is 5.70. The SMILES string of the molecule is C=C(C)C(=O)OC1=CC=CC=CC1=C1C=CC=C1. The number of carbonyl (C=O) groups excluding carboxylic acids is 1. The molecule has 0 atom stereocenters. The monoisotopic (exact) mass is 238 g/mol. The van der Waals surface area contributed by atoms with Gasteiger partial charge < -0.3 is 4.74 Å². The quantitative estimate of drug-likeness (QED) is 0.543. The third kappa shape index (κ3) is 2.66. The average Bonchev–Trinajstić information content (AvgIpc) is 2.77. The van der Waals surface area contributed by atoms with E-state index in [2.05, 4.69) is 6.58 Å². The molecule has 90 valence electrons. The molecule has 2 aliphatic rings. The number of carbonyl (C=O) groups is 1. The van der Waals surface area contributed by atoms with Gasteiger partial charge in [-0.05, 0) is 18.6 Å². The Balaban J connectivity index is 2.35. The van der Waals surface area contributed by atoms with Crippen molar-refractivity contribution in [2.24, 2.45) is 0 Å². The van der Waals surface area contributed by atoms with E-state index in [0.717, 1.165) is 11.1 Å². The molecule has 0 bridgehead atoms. The largest absolute Gasteiger partial charge is 0.423 e. The molecule has 0 saturated heterocycles. The van der Waals surface area contributed by atoms with Crippen LogP contribution in [0.15, 0.2) is 83.7 Å². The van der Waals surface area contributed by atoms with Crippen molar-refractivity contribution < 1.29 is 9.53 Å². The van der Waals surface area contributed by atoms with Gasteiger partial charge in [0.25, 0.3) is 0 Å². The van der Waals surface area contributed by atoms with Crippen LogP contribution in [-0.4, -0.2) is 5.97 Å². The van der Waals surface area contributed by atoms with Gasteiger partial charge in [0.1, 0.15) is 5.76 Å². The normalized spacial score (nSPS) is 16.8. The molecule has 2 nitrogen and oxygen atoms in total. The lowest BCUT2D eigenvalue weighted by atomic mass is 10.1. The lowest BCUT2D eigenvalue weighted by Gasteiger charge is -2.10. The molecule has 0 aromatic heterocycles. The number of ether oxygens (including phenoxy) is 1. The first-order chi connectivity index (χ1) is 8.68. The van der Waals surface area contributed by atoms with Crippen LogP contribution in [0, 0.1) is 0 Å². The Morgan fingerprint density at radius 3 is 2.39 bits per heavy atom. The highest BCUT2D eigenvalue weighted by atomic mass is 16.5. The first-order valence-corrected chi connectivity index (χ1v) is 5.70. The van der Waals surface area contributed by atoms with Gasteiger partial charge in [0.05, 0.1) is 0 Å². The maximum absolute atomic E-state index is 11.6. The van der Waals surface area contributed by atoms with Crippen LogP contribution in [0.3, 0.4) is 0 Å². The van der Waals surface area contributed by atoms with Crippen molar-refractivity contribution in [2.75, 3.05) is 0 Å². The molecule has 0 heterocycles. The molecule has 2 rings (SSSR count).